The molecule has 1 aliphatic carbocycles. The van der Waals surface area contributed by atoms with Crippen LogP contribution in [-0.2, 0) is 16.0 Å². The van der Waals surface area contributed by atoms with Gasteiger partial charge in [-0.2, -0.15) is 5.26 Å². The van der Waals surface area contributed by atoms with Gasteiger partial charge in [0.05, 0.1) is 11.8 Å². The number of amides is 2. The molecule has 0 N–H and O–H groups in total. The second kappa shape index (κ2) is 11.6. The molecule has 12 heteroatoms. The van der Waals surface area contributed by atoms with Gasteiger partial charge in [0.15, 0.2) is 5.13 Å². The van der Waals surface area contributed by atoms with E-state index in [2.05, 4.69) is 41.1 Å². The Hall–Kier alpha value is -3.17. The molecule has 210 valence electrons. The molecule has 0 radical (unpaired) electrons. The number of thiocarbonyl (C=S) groups is 1. The highest BCUT2D eigenvalue weighted by Crippen LogP contribution is 2.42. The minimum Gasteiger partial charge on any atom is -0.368 e. The number of carbonyl (C=O) groups is 2. The van der Waals surface area contributed by atoms with Crippen molar-refractivity contribution in [2.24, 2.45) is 0 Å². The van der Waals surface area contributed by atoms with Gasteiger partial charge in [-0.15, -0.1) is 0 Å². The van der Waals surface area contributed by atoms with Gasteiger partial charge >= 0.3 is 0 Å². The van der Waals surface area contributed by atoms with Gasteiger partial charge in [0.25, 0.3) is 0 Å². The summed E-state index contributed by atoms with van der Waals surface area (Å²) in [5.41, 5.74) is 5.32. The number of piperazine rings is 1. The zero-order chi connectivity index (χ0) is 28.7. The number of hydrogen-bond acceptors (Lipinski definition) is 9. The van der Waals surface area contributed by atoms with Gasteiger partial charge in [0.2, 0.25) is 11.8 Å². The van der Waals surface area contributed by atoms with Crippen LogP contribution in [0.5, 0.6) is 0 Å². The number of anilines is 2. The third kappa shape index (κ3) is 5.54. The normalized spacial score (nSPS) is 18.6. The highest BCUT2D eigenvalue weighted by Gasteiger charge is 2.32. The van der Waals surface area contributed by atoms with E-state index >= 15 is 0 Å². The van der Waals surface area contributed by atoms with Crippen LogP contribution in [0.2, 0.25) is 5.02 Å². The predicted octanol–water partition coefficient (Wildman–Crippen LogP) is 4.97. The van der Waals surface area contributed by atoms with Crippen LogP contribution >= 0.6 is 46.9 Å². The maximum atomic E-state index is 12.9. The van der Waals surface area contributed by atoms with Crippen molar-refractivity contribution >= 4 is 73.9 Å². The van der Waals surface area contributed by atoms with Gasteiger partial charge in [-0.25, -0.2) is 4.98 Å². The molecule has 2 aromatic carbocycles. The van der Waals surface area contributed by atoms with Crippen LogP contribution in [0, 0.1) is 11.3 Å². The molecule has 2 saturated heterocycles. The van der Waals surface area contributed by atoms with Crippen LogP contribution < -0.4 is 9.80 Å². The average molecular weight is 623 g/mol. The number of hydrogen-bond donors (Lipinski definition) is 0. The predicted molar refractivity (Wildman–Crippen MR) is 169 cm³/mol. The number of benzene rings is 2. The summed E-state index contributed by atoms with van der Waals surface area (Å²) in [6, 6.07) is 16.6. The van der Waals surface area contributed by atoms with E-state index in [9.17, 15) is 14.9 Å². The Bertz CT molecular complexity index is 1550. The van der Waals surface area contributed by atoms with Crippen LogP contribution in [-0.4, -0.2) is 76.4 Å². The molecule has 1 unspecified atom stereocenters. The molecule has 3 heterocycles. The molecule has 2 amide bonds. The molecule has 2 fully saturated rings. The summed E-state index contributed by atoms with van der Waals surface area (Å²) < 4.78 is 0.488. The number of thioether (sulfide) groups is 1. The number of rotatable bonds is 6. The molecule has 0 bridgehead atoms. The zero-order valence-electron chi connectivity index (χ0n) is 22.4. The number of halogens is 1. The molecule has 3 aromatic rings. The topological polar surface area (TPSA) is 83.8 Å². The van der Waals surface area contributed by atoms with Gasteiger partial charge in [0.1, 0.15) is 27.5 Å². The van der Waals surface area contributed by atoms with Crippen LogP contribution in [0.15, 0.2) is 42.5 Å². The second-order valence-electron chi connectivity index (χ2n) is 10.2. The summed E-state index contributed by atoms with van der Waals surface area (Å²) in [7, 11) is 2.05. The molecule has 2 aliphatic heterocycles. The van der Waals surface area contributed by atoms with Gasteiger partial charge in [-0.3, -0.25) is 14.5 Å². The van der Waals surface area contributed by atoms with Crippen molar-refractivity contribution in [2.45, 2.75) is 18.9 Å². The van der Waals surface area contributed by atoms with Crippen LogP contribution in [0.1, 0.15) is 28.5 Å². The lowest BCUT2D eigenvalue weighted by molar-refractivity contribution is -0.136. The SMILES string of the molecule is CN(c1nc(-c2ccc(Cl)cc2)c(C#N)s1)C1CCc2ccc(N3CCN(C(=O)CN4C(=O)CSC4=S)CC3)cc21. The van der Waals surface area contributed by atoms with E-state index in [4.69, 9.17) is 28.8 Å². The Morgan fingerprint density at radius 2 is 1.95 bits per heavy atom. The van der Waals surface area contributed by atoms with Crippen LogP contribution in [0.4, 0.5) is 10.8 Å². The summed E-state index contributed by atoms with van der Waals surface area (Å²) in [6.45, 7) is 2.68. The van der Waals surface area contributed by atoms with Crippen molar-refractivity contribution in [1.29, 1.82) is 5.26 Å². The van der Waals surface area contributed by atoms with E-state index in [0.717, 1.165) is 42.3 Å². The number of aryl methyl sites for hydroxylation is 1. The molecule has 0 saturated carbocycles. The van der Waals surface area contributed by atoms with Gasteiger partial charge in [-0.05, 0) is 48.2 Å². The Kier molecular flexibility index (Phi) is 7.92. The molecule has 1 aromatic heterocycles. The molecule has 8 nitrogen and oxygen atoms in total. The quantitative estimate of drug-likeness (QED) is 0.357. The minimum atomic E-state index is -0.0903. The lowest BCUT2D eigenvalue weighted by atomic mass is 10.1. The number of nitrogens with zero attached hydrogens (tertiary/aromatic N) is 6. The van der Waals surface area contributed by atoms with Crippen LogP contribution in [0.25, 0.3) is 11.3 Å². The van der Waals surface area contributed by atoms with Crippen molar-refractivity contribution in [2.75, 3.05) is 55.3 Å². The fraction of sp³-hybridized carbons (Fsp3) is 0.345. The van der Waals surface area contributed by atoms with Crippen molar-refractivity contribution < 1.29 is 9.59 Å². The number of nitriles is 1. The first-order valence-electron chi connectivity index (χ1n) is 13.3. The Morgan fingerprint density at radius 1 is 1.20 bits per heavy atom. The molecule has 6 rings (SSSR count). The van der Waals surface area contributed by atoms with Crippen molar-refractivity contribution in [3.05, 3.63) is 63.5 Å². The zero-order valence-corrected chi connectivity index (χ0v) is 25.6. The van der Waals surface area contributed by atoms with Gasteiger partial charge in [-0.1, -0.05) is 65.1 Å². The van der Waals surface area contributed by atoms with E-state index in [1.807, 2.05) is 29.2 Å². The van der Waals surface area contributed by atoms with Gasteiger partial charge < -0.3 is 14.7 Å². The summed E-state index contributed by atoms with van der Waals surface area (Å²) in [5.74, 6) is 0.170. The molecular weight excluding hydrogens is 596 g/mol. The maximum Gasteiger partial charge on any atom is 0.242 e. The fourth-order valence-electron chi connectivity index (χ4n) is 5.62. The van der Waals surface area contributed by atoms with E-state index in [1.54, 1.807) is 0 Å². The number of carbonyl (C=O) groups excluding carboxylic acids is 2. The Balaban J connectivity index is 1.15. The fourth-order valence-corrected chi connectivity index (χ4v) is 7.71. The molecular formula is C29H27ClN6O2S3. The van der Waals surface area contributed by atoms with E-state index in [-0.39, 0.29) is 24.4 Å². The molecule has 0 spiro atoms. The monoisotopic (exact) mass is 622 g/mol. The Morgan fingerprint density at radius 3 is 2.63 bits per heavy atom. The average Bonchev–Trinajstić information content (AvgIpc) is 3.70. The lowest BCUT2D eigenvalue weighted by Gasteiger charge is -2.37. The van der Waals surface area contributed by atoms with Crippen molar-refractivity contribution in [1.82, 2.24) is 14.8 Å². The van der Waals surface area contributed by atoms with E-state index in [0.29, 0.717) is 38.8 Å². The number of fused-ring (bicyclic) bond motifs is 1. The minimum absolute atomic E-state index is 0.0293. The van der Waals surface area contributed by atoms with Crippen molar-refractivity contribution in [3.63, 3.8) is 0 Å². The summed E-state index contributed by atoms with van der Waals surface area (Å²) in [5, 5.41) is 11.3. The van der Waals surface area contributed by atoms with Crippen molar-refractivity contribution in [3.8, 4) is 17.3 Å². The maximum absolute atomic E-state index is 12.9. The summed E-state index contributed by atoms with van der Waals surface area (Å²) >= 11 is 14.0. The van der Waals surface area contributed by atoms with E-state index < -0.39 is 0 Å². The third-order valence-corrected chi connectivity index (χ3v) is 10.6. The highest BCUT2D eigenvalue weighted by molar-refractivity contribution is 8.23. The highest BCUT2D eigenvalue weighted by atomic mass is 35.5. The smallest absolute Gasteiger partial charge is 0.242 e. The molecule has 1 atom stereocenters. The first-order valence-corrected chi connectivity index (χ1v) is 15.9. The summed E-state index contributed by atoms with van der Waals surface area (Å²) in [4.78, 5) is 38.1. The lowest BCUT2D eigenvalue weighted by Crippen LogP contribution is -2.51. The molecule has 3 aliphatic rings. The van der Waals surface area contributed by atoms with E-state index in [1.165, 1.54) is 39.1 Å². The first-order chi connectivity index (χ1) is 19.8. The molecule has 41 heavy (non-hydrogen) atoms. The third-order valence-electron chi connectivity index (χ3n) is 7.91. The van der Waals surface area contributed by atoms with Crippen LogP contribution in [0.3, 0.4) is 0 Å². The largest absolute Gasteiger partial charge is 0.368 e. The Labute approximate surface area is 257 Å². The standard InChI is InChI=1S/C29H27ClN6O2S3/c1-33(28-32-27(24(15-31)41-28)19-2-6-20(30)7-3-19)23-9-5-18-4-8-21(14-22(18)23)34-10-12-35(13-11-34)25(37)16-36-26(38)17-40-29(36)39/h2-4,6-8,14,23H,5,9-13,16-17H2,1H3. The number of aromatic nitrogens is 1. The number of thiazole rings is 1. The first kappa shape index (κ1) is 28.0. The second-order valence-corrected chi connectivity index (χ2v) is 13.3. The van der Waals surface area contributed by atoms with Gasteiger partial charge in [0, 0.05) is 49.5 Å². The summed E-state index contributed by atoms with van der Waals surface area (Å²) in [6.07, 6.45) is 1.97.